The topological polar surface area (TPSA) is 63.1 Å². The van der Waals surface area contributed by atoms with Crippen molar-refractivity contribution in [2.45, 2.75) is 13.8 Å². The molecular formula is C22H21FN4O. The molecule has 1 aromatic heterocycles. The van der Waals surface area contributed by atoms with Crippen LogP contribution in [-0.2, 0) is 0 Å². The number of aromatic nitrogens is 1. The van der Waals surface area contributed by atoms with Crippen LogP contribution in [0.5, 0.6) is 0 Å². The Morgan fingerprint density at radius 1 is 1.14 bits per heavy atom. The fraction of sp³-hybridized carbons (Fsp3) is 0.273. The molecule has 1 aliphatic rings. The van der Waals surface area contributed by atoms with Crippen molar-refractivity contribution in [1.29, 1.82) is 5.26 Å². The molecule has 2 aromatic carbocycles. The molecule has 1 N–H and O–H groups in total. The van der Waals surface area contributed by atoms with Crippen LogP contribution < -0.4 is 4.90 Å². The number of H-pyrrole nitrogens is 1. The van der Waals surface area contributed by atoms with E-state index in [9.17, 15) is 14.4 Å². The van der Waals surface area contributed by atoms with E-state index in [0.717, 1.165) is 22.0 Å². The molecule has 0 unspecified atom stereocenters. The molecule has 0 bridgehead atoms. The van der Waals surface area contributed by atoms with Gasteiger partial charge in [-0.05, 0) is 49.2 Å². The van der Waals surface area contributed by atoms with E-state index in [-0.39, 0.29) is 11.5 Å². The van der Waals surface area contributed by atoms with Crippen LogP contribution in [0.2, 0.25) is 0 Å². The molecule has 5 nitrogen and oxygen atoms in total. The Hall–Kier alpha value is -3.33. The second-order valence-corrected chi connectivity index (χ2v) is 7.25. The van der Waals surface area contributed by atoms with Crippen molar-refractivity contribution in [2.24, 2.45) is 0 Å². The highest BCUT2D eigenvalue weighted by Gasteiger charge is 2.25. The zero-order valence-electron chi connectivity index (χ0n) is 15.9. The fourth-order valence-electron chi connectivity index (χ4n) is 3.92. The number of halogens is 1. The molecule has 0 aliphatic carbocycles. The van der Waals surface area contributed by atoms with Crippen molar-refractivity contribution in [1.82, 2.24) is 9.88 Å². The third kappa shape index (κ3) is 3.09. The monoisotopic (exact) mass is 376 g/mol. The van der Waals surface area contributed by atoms with E-state index < -0.39 is 5.82 Å². The zero-order chi connectivity index (χ0) is 19.8. The lowest BCUT2D eigenvalue weighted by Crippen LogP contribution is -2.49. The lowest BCUT2D eigenvalue weighted by molar-refractivity contribution is 0.0742. The van der Waals surface area contributed by atoms with Crippen LogP contribution in [0.1, 0.15) is 27.2 Å². The van der Waals surface area contributed by atoms with Crippen molar-refractivity contribution < 1.29 is 9.18 Å². The predicted octanol–water partition coefficient (Wildman–Crippen LogP) is 3.76. The van der Waals surface area contributed by atoms with Crippen LogP contribution in [0.4, 0.5) is 10.1 Å². The van der Waals surface area contributed by atoms with Crippen LogP contribution in [0.3, 0.4) is 0 Å². The van der Waals surface area contributed by atoms with Crippen molar-refractivity contribution in [3.8, 4) is 6.07 Å². The highest BCUT2D eigenvalue weighted by molar-refractivity contribution is 5.99. The van der Waals surface area contributed by atoms with Gasteiger partial charge in [0.1, 0.15) is 23.1 Å². The molecule has 28 heavy (non-hydrogen) atoms. The van der Waals surface area contributed by atoms with Crippen molar-refractivity contribution in [3.05, 3.63) is 64.6 Å². The number of hydrogen-bond acceptors (Lipinski definition) is 3. The Morgan fingerprint density at radius 2 is 1.89 bits per heavy atom. The molecule has 0 atom stereocenters. The van der Waals surface area contributed by atoms with Gasteiger partial charge in [-0.15, -0.1) is 0 Å². The first kappa shape index (κ1) is 18.1. The summed E-state index contributed by atoms with van der Waals surface area (Å²) in [6.45, 7) is 6.24. The molecule has 4 rings (SSSR count). The first-order chi connectivity index (χ1) is 13.5. The van der Waals surface area contributed by atoms with E-state index in [1.54, 1.807) is 17.0 Å². The summed E-state index contributed by atoms with van der Waals surface area (Å²) in [5.41, 5.74) is 4.50. The van der Waals surface area contributed by atoms with E-state index in [4.69, 9.17) is 0 Å². The number of nitrogens with zero attached hydrogens (tertiary/aromatic N) is 3. The standard InChI is InChI=1S/C22H21FN4O/c1-14-10-15(2)16-12-20(25-19(16)11-14)22(28)27-8-6-26(7-9-27)21-5-3-4-18(23)17(21)13-24/h3-5,10-12,25H,6-9H2,1-2H3. The summed E-state index contributed by atoms with van der Waals surface area (Å²) in [7, 11) is 0. The summed E-state index contributed by atoms with van der Waals surface area (Å²) < 4.78 is 13.9. The molecule has 1 fully saturated rings. The molecule has 142 valence electrons. The lowest BCUT2D eigenvalue weighted by Gasteiger charge is -2.36. The summed E-state index contributed by atoms with van der Waals surface area (Å²) in [6.07, 6.45) is 0. The Balaban J connectivity index is 1.51. The summed E-state index contributed by atoms with van der Waals surface area (Å²) in [4.78, 5) is 20.0. The first-order valence-electron chi connectivity index (χ1n) is 9.30. The average molecular weight is 376 g/mol. The summed E-state index contributed by atoms with van der Waals surface area (Å²) in [6, 6.07) is 12.7. The number of amides is 1. The first-order valence-corrected chi connectivity index (χ1v) is 9.30. The van der Waals surface area contributed by atoms with Gasteiger partial charge in [-0.3, -0.25) is 4.79 Å². The van der Waals surface area contributed by atoms with Gasteiger partial charge in [0.05, 0.1) is 5.69 Å². The minimum Gasteiger partial charge on any atom is -0.367 e. The second kappa shape index (κ2) is 7.01. The van der Waals surface area contributed by atoms with Gasteiger partial charge in [0.25, 0.3) is 5.91 Å². The molecule has 0 radical (unpaired) electrons. The number of anilines is 1. The molecule has 1 saturated heterocycles. The van der Waals surface area contributed by atoms with E-state index in [2.05, 4.69) is 11.1 Å². The minimum absolute atomic E-state index is 0.0346. The highest BCUT2D eigenvalue weighted by Crippen LogP contribution is 2.25. The van der Waals surface area contributed by atoms with E-state index in [1.165, 1.54) is 6.07 Å². The molecular weight excluding hydrogens is 355 g/mol. The maximum Gasteiger partial charge on any atom is 0.270 e. The Kier molecular flexibility index (Phi) is 4.52. The van der Waals surface area contributed by atoms with Gasteiger partial charge >= 0.3 is 0 Å². The van der Waals surface area contributed by atoms with Crippen molar-refractivity contribution in [2.75, 3.05) is 31.1 Å². The molecule has 2 heterocycles. The largest absolute Gasteiger partial charge is 0.367 e. The number of nitriles is 1. The number of carbonyl (C=O) groups excluding carboxylic acids is 1. The third-order valence-electron chi connectivity index (χ3n) is 5.33. The van der Waals surface area contributed by atoms with Crippen LogP contribution >= 0.6 is 0 Å². The molecule has 0 saturated carbocycles. The predicted molar refractivity (Wildman–Crippen MR) is 107 cm³/mol. The Labute approximate surface area is 163 Å². The summed E-state index contributed by atoms with van der Waals surface area (Å²) in [5.74, 6) is -0.546. The number of aromatic amines is 1. The second-order valence-electron chi connectivity index (χ2n) is 7.25. The maximum absolute atomic E-state index is 13.9. The van der Waals surface area contributed by atoms with Gasteiger partial charge in [-0.25, -0.2) is 4.39 Å². The number of piperazine rings is 1. The van der Waals surface area contributed by atoms with E-state index >= 15 is 0 Å². The Bertz CT molecular complexity index is 1100. The van der Waals surface area contributed by atoms with E-state index in [0.29, 0.717) is 37.6 Å². The van der Waals surface area contributed by atoms with Gasteiger partial charge < -0.3 is 14.8 Å². The van der Waals surface area contributed by atoms with Gasteiger partial charge in [0.2, 0.25) is 0 Å². The van der Waals surface area contributed by atoms with Crippen molar-refractivity contribution >= 4 is 22.5 Å². The molecule has 1 amide bonds. The number of nitrogens with one attached hydrogen (secondary N) is 1. The number of rotatable bonds is 2. The molecule has 0 spiro atoms. The quantitative estimate of drug-likeness (QED) is 0.741. The van der Waals surface area contributed by atoms with Gasteiger partial charge in [-0.1, -0.05) is 12.1 Å². The third-order valence-corrected chi connectivity index (χ3v) is 5.33. The number of fused-ring (bicyclic) bond motifs is 1. The lowest BCUT2D eigenvalue weighted by atomic mass is 10.1. The maximum atomic E-state index is 13.9. The zero-order valence-corrected chi connectivity index (χ0v) is 15.9. The molecule has 3 aromatic rings. The molecule has 1 aliphatic heterocycles. The van der Waals surface area contributed by atoms with Gasteiger partial charge in [0, 0.05) is 37.1 Å². The molecule has 6 heteroatoms. The normalized spacial score (nSPS) is 14.4. The fourth-order valence-corrected chi connectivity index (χ4v) is 3.92. The van der Waals surface area contributed by atoms with Crippen LogP contribution in [0.15, 0.2) is 36.4 Å². The highest BCUT2D eigenvalue weighted by atomic mass is 19.1. The summed E-state index contributed by atoms with van der Waals surface area (Å²) in [5, 5.41) is 10.3. The Morgan fingerprint density at radius 3 is 2.61 bits per heavy atom. The SMILES string of the molecule is Cc1cc(C)c2cc(C(=O)N3CCN(c4cccc(F)c4C#N)CC3)[nH]c2c1. The average Bonchev–Trinajstić information content (AvgIpc) is 3.12. The van der Waals surface area contributed by atoms with Crippen LogP contribution in [0, 0.1) is 31.0 Å². The number of hydrogen-bond donors (Lipinski definition) is 1. The van der Waals surface area contributed by atoms with Crippen molar-refractivity contribution in [3.63, 3.8) is 0 Å². The number of aryl methyl sites for hydroxylation is 2. The van der Waals surface area contributed by atoms with E-state index in [1.807, 2.05) is 36.9 Å². The summed E-state index contributed by atoms with van der Waals surface area (Å²) >= 11 is 0. The van der Waals surface area contributed by atoms with Gasteiger partial charge in [0.15, 0.2) is 0 Å². The minimum atomic E-state index is -0.512. The van der Waals surface area contributed by atoms with Crippen LogP contribution in [-0.4, -0.2) is 42.0 Å². The smallest absolute Gasteiger partial charge is 0.270 e. The number of carbonyl (C=O) groups is 1. The number of benzene rings is 2. The van der Waals surface area contributed by atoms with Crippen LogP contribution in [0.25, 0.3) is 10.9 Å². The van der Waals surface area contributed by atoms with Gasteiger partial charge in [-0.2, -0.15) is 5.26 Å².